The van der Waals surface area contributed by atoms with E-state index in [0.717, 1.165) is 29.0 Å². The molecule has 0 heterocycles. The molecular weight excluding hydrogens is 322 g/mol. The molecule has 2 aromatic carbocycles. The van der Waals surface area contributed by atoms with Crippen molar-refractivity contribution in [1.29, 1.82) is 0 Å². The summed E-state index contributed by atoms with van der Waals surface area (Å²) in [5.74, 6) is 6.34. The molecule has 1 fully saturated rings. The summed E-state index contributed by atoms with van der Waals surface area (Å²) in [5, 5.41) is 9.10. The fourth-order valence-electron chi connectivity index (χ4n) is 3.65. The highest BCUT2D eigenvalue weighted by molar-refractivity contribution is 5.86. The molecule has 1 aliphatic rings. The van der Waals surface area contributed by atoms with Gasteiger partial charge in [0.25, 0.3) is 5.91 Å². The van der Waals surface area contributed by atoms with Gasteiger partial charge in [-0.05, 0) is 42.0 Å². The Bertz CT molecular complexity index is 765. The number of hydroxylamine groups is 1. The summed E-state index contributed by atoms with van der Waals surface area (Å²) >= 11 is 0. The molecule has 0 aromatic heterocycles. The van der Waals surface area contributed by atoms with Crippen LogP contribution in [0.2, 0.25) is 0 Å². The maximum absolute atomic E-state index is 12.2. The summed E-state index contributed by atoms with van der Waals surface area (Å²) in [7, 11) is 0. The van der Waals surface area contributed by atoms with Gasteiger partial charge in [-0.2, -0.15) is 0 Å². The Labute approximate surface area is 155 Å². The van der Waals surface area contributed by atoms with Gasteiger partial charge in [-0.1, -0.05) is 73.6 Å². The fourth-order valence-corrected chi connectivity index (χ4v) is 3.65. The van der Waals surface area contributed by atoms with Gasteiger partial charge in [0.1, 0.15) is 0 Å². The SMILES string of the molecule is O=C(NO)C(c1ccccc1)c1ccc(C#CCC2CCCCC2)cc1. The normalized spacial score (nSPS) is 15.6. The smallest absolute Gasteiger partial charge is 0.255 e. The van der Waals surface area contributed by atoms with Gasteiger partial charge >= 0.3 is 0 Å². The number of benzene rings is 2. The molecule has 3 nitrogen and oxygen atoms in total. The Morgan fingerprint density at radius 3 is 2.31 bits per heavy atom. The molecule has 1 unspecified atom stereocenters. The van der Waals surface area contributed by atoms with E-state index in [1.54, 1.807) is 5.48 Å². The quantitative estimate of drug-likeness (QED) is 0.481. The summed E-state index contributed by atoms with van der Waals surface area (Å²) in [6, 6.07) is 17.2. The molecule has 0 bridgehead atoms. The minimum Gasteiger partial charge on any atom is -0.289 e. The number of nitrogens with one attached hydrogen (secondary N) is 1. The van der Waals surface area contributed by atoms with Crippen molar-refractivity contribution in [2.45, 2.75) is 44.4 Å². The summed E-state index contributed by atoms with van der Waals surface area (Å²) in [6.45, 7) is 0. The molecule has 2 N–H and O–H groups in total. The van der Waals surface area contributed by atoms with Crippen LogP contribution >= 0.6 is 0 Å². The van der Waals surface area contributed by atoms with E-state index in [0.29, 0.717) is 0 Å². The van der Waals surface area contributed by atoms with E-state index in [-0.39, 0.29) is 0 Å². The summed E-state index contributed by atoms with van der Waals surface area (Å²) in [5.41, 5.74) is 4.42. The number of hydrogen-bond acceptors (Lipinski definition) is 2. The molecule has 1 saturated carbocycles. The van der Waals surface area contributed by atoms with E-state index in [2.05, 4.69) is 11.8 Å². The predicted octanol–water partition coefficient (Wildman–Crippen LogP) is 4.65. The highest BCUT2D eigenvalue weighted by Gasteiger charge is 2.22. The van der Waals surface area contributed by atoms with Crippen LogP contribution in [0.25, 0.3) is 0 Å². The van der Waals surface area contributed by atoms with Gasteiger partial charge in [0.05, 0.1) is 5.92 Å². The van der Waals surface area contributed by atoms with E-state index in [1.807, 2.05) is 54.6 Å². The van der Waals surface area contributed by atoms with Crippen LogP contribution in [0.5, 0.6) is 0 Å². The second-order valence-corrected chi connectivity index (χ2v) is 6.95. The van der Waals surface area contributed by atoms with Crippen LogP contribution in [-0.4, -0.2) is 11.1 Å². The molecule has 0 saturated heterocycles. The predicted molar refractivity (Wildman–Crippen MR) is 103 cm³/mol. The van der Waals surface area contributed by atoms with E-state index >= 15 is 0 Å². The van der Waals surface area contributed by atoms with Gasteiger partial charge < -0.3 is 0 Å². The number of rotatable bonds is 4. The fraction of sp³-hybridized carbons (Fsp3) is 0.348. The van der Waals surface area contributed by atoms with Crippen molar-refractivity contribution >= 4 is 5.91 Å². The number of carbonyl (C=O) groups is 1. The lowest BCUT2D eigenvalue weighted by atomic mass is 9.87. The molecule has 1 aliphatic carbocycles. The second kappa shape index (κ2) is 9.22. The third-order valence-electron chi connectivity index (χ3n) is 5.10. The largest absolute Gasteiger partial charge is 0.289 e. The lowest BCUT2D eigenvalue weighted by molar-refractivity contribution is -0.129. The van der Waals surface area contributed by atoms with Crippen LogP contribution in [0.15, 0.2) is 54.6 Å². The van der Waals surface area contributed by atoms with Crippen LogP contribution in [0.4, 0.5) is 0 Å². The lowest BCUT2D eigenvalue weighted by Gasteiger charge is -2.18. The Hall–Kier alpha value is -2.57. The zero-order valence-corrected chi connectivity index (χ0v) is 14.9. The van der Waals surface area contributed by atoms with Crippen molar-refractivity contribution in [3.63, 3.8) is 0 Å². The molecule has 0 aliphatic heterocycles. The highest BCUT2D eigenvalue weighted by atomic mass is 16.5. The van der Waals surface area contributed by atoms with Crippen LogP contribution in [0.1, 0.15) is 61.1 Å². The number of amides is 1. The number of carbonyl (C=O) groups excluding carboxylic acids is 1. The highest BCUT2D eigenvalue weighted by Crippen LogP contribution is 2.26. The first kappa shape index (κ1) is 18.2. The first-order valence-electron chi connectivity index (χ1n) is 9.35. The third-order valence-corrected chi connectivity index (χ3v) is 5.10. The van der Waals surface area contributed by atoms with E-state index in [4.69, 9.17) is 5.21 Å². The van der Waals surface area contributed by atoms with Crippen LogP contribution in [0, 0.1) is 17.8 Å². The Morgan fingerprint density at radius 2 is 1.65 bits per heavy atom. The van der Waals surface area contributed by atoms with Crippen molar-refractivity contribution < 1.29 is 10.0 Å². The average molecular weight is 347 g/mol. The van der Waals surface area contributed by atoms with Crippen molar-refractivity contribution in [3.05, 3.63) is 71.3 Å². The van der Waals surface area contributed by atoms with Gasteiger partial charge in [-0.25, -0.2) is 5.48 Å². The standard InChI is InChI=1S/C23H25NO2/c25-23(24-26)22(20-12-5-2-6-13-20)21-16-14-19(15-17-21)11-7-10-18-8-3-1-4-9-18/h2,5-6,12-18,22,26H,1,3-4,8-10H2,(H,24,25). The van der Waals surface area contributed by atoms with Gasteiger partial charge in [-0.3, -0.25) is 10.0 Å². The Kier molecular flexibility index (Phi) is 6.46. The second-order valence-electron chi connectivity index (χ2n) is 6.95. The number of hydrogen-bond donors (Lipinski definition) is 2. The maximum atomic E-state index is 12.2. The van der Waals surface area contributed by atoms with Crippen molar-refractivity contribution in [3.8, 4) is 11.8 Å². The zero-order valence-electron chi connectivity index (χ0n) is 14.9. The molecule has 2 aromatic rings. The molecule has 3 rings (SSSR count). The molecule has 1 amide bonds. The van der Waals surface area contributed by atoms with Crippen LogP contribution < -0.4 is 5.48 Å². The van der Waals surface area contributed by atoms with Crippen molar-refractivity contribution in [2.24, 2.45) is 5.92 Å². The first-order chi connectivity index (χ1) is 12.8. The Morgan fingerprint density at radius 1 is 1.00 bits per heavy atom. The molecule has 3 heteroatoms. The van der Waals surface area contributed by atoms with Gasteiger partial charge in [0, 0.05) is 12.0 Å². The van der Waals surface area contributed by atoms with E-state index in [9.17, 15) is 4.79 Å². The van der Waals surface area contributed by atoms with Crippen LogP contribution in [-0.2, 0) is 4.79 Å². The summed E-state index contributed by atoms with van der Waals surface area (Å²) in [4.78, 5) is 12.2. The van der Waals surface area contributed by atoms with Gasteiger partial charge in [-0.15, -0.1) is 0 Å². The third kappa shape index (κ3) is 4.74. The molecule has 0 radical (unpaired) electrons. The van der Waals surface area contributed by atoms with Gasteiger partial charge in [0.15, 0.2) is 0 Å². The minimum atomic E-state index is -0.537. The zero-order chi connectivity index (χ0) is 18.2. The molecule has 26 heavy (non-hydrogen) atoms. The summed E-state index contributed by atoms with van der Waals surface area (Å²) < 4.78 is 0. The molecular formula is C23H25NO2. The van der Waals surface area contributed by atoms with Crippen LogP contribution in [0.3, 0.4) is 0 Å². The van der Waals surface area contributed by atoms with Crippen molar-refractivity contribution in [2.75, 3.05) is 0 Å². The van der Waals surface area contributed by atoms with Crippen molar-refractivity contribution in [1.82, 2.24) is 5.48 Å². The topological polar surface area (TPSA) is 49.3 Å². The monoisotopic (exact) mass is 347 g/mol. The van der Waals surface area contributed by atoms with Gasteiger partial charge in [0.2, 0.25) is 0 Å². The molecule has 1 atom stereocenters. The van der Waals surface area contributed by atoms with E-state index in [1.165, 1.54) is 32.1 Å². The summed E-state index contributed by atoms with van der Waals surface area (Å²) in [6.07, 6.45) is 7.64. The maximum Gasteiger partial charge on any atom is 0.255 e. The Balaban J connectivity index is 1.72. The minimum absolute atomic E-state index is 0.438. The molecule has 134 valence electrons. The molecule has 0 spiro atoms. The lowest BCUT2D eigenvalue weighted by Crippen LogP contribution is -2.27. The van der Waals surface area contributed by atoms with E-state index < -0.39 is 11.8 Å². The first-order valence-corrected chi connectivity index (χ1v) is 9.35. The average Bonchev–Trinajstić information content (AvgIpc) is 2.71.